The van der Waals surface area contributed by atoms with Crippen LogP contribution in [0.4, 0.5) is 0 Å². The van der Waals surface area contributed by atoms with Gasteiger partial charge in [0, 0.05) is 5.41 Å². The first kappa shape index (κ1) is 33.6. The molecule has 5 aliphatic rings. The normalized spacial score (nSPS) is 47.5. The zero-order chi connectivity index (χ0) is 31.5. The van der Waals surface area contributed by atoms with E-state index in [1.165, 1.54) is 37.7 Å². The minimum atomic E-state index is -1.42. The van der Waals surface area contributed by atoms with Gasteiger partial charge in [0.2, 0.25) is 0 Å². The Morgan fingerprint density at radius 2 is 1.65 bits per heavy atom. The van der Waals surface area contributed by atoms with Crippen LogP contribution in [0.3, 0.4) is 0 Å². The van der Waals surface area contributed by atoms with Crippen LogP contribution in [-0.2, 0) is 9.47 Å². The van der Waals surface area contributed by atoms with Crippen molar-refractivity contribution in [3.8, 4) is 0 Å². The number of fused-ring (bicyclic) bond motifs is 5. The lowest BCUT2D eigenvalue weighted by Gasteiger charge is -2.62. The minimum Gasteiger partial charge on any atom is -0.394 e. The molecule has 0 aromatic carbocycles. The molecule has 0 amide bonds. The van der Waals surface area contributed by atoms with Gasteiger partial charge in [-0.3, -0.25) is 0 Å². The van der Waals surface area contributed by atoms with Crippen LogP contribution >= 0.6 is 0 Å². The Kier molecular flexibility index (Phi) is 9.73. The first-order valence-electron chi connectivity index (χ1n) is 17.6. The van der Waals surface area contributed by atoms with E-state index in [2.05, 4.69) is 73.6 Å². The summed E-state index contributed by atoms with van der Waals surface area (Å²) in [6.45, 7) is 18.7. The summed E-state index contributed by atoms with van der Waals surface area (Å²) in [6, 6.07) is 0. The molecule has 1 heterocycles. The van der Waals surface area contributed by atoms with E-state index in [4.69, 9.17) is 9.47 Å². The standard InChI is InChI=1S/C37H62O6/c1-9-23(21(2)3)11-10-22(4)25-13-14-26-24-12-15-29-35(5,6)30(17-19-37(29,8)27(24)16-18-36(25,26)7)43-34-33(41)32(40)31(39)28(20-38)42-34/h10-11,15,21-28,30-34,38-41H,9,12-14,16-20H2,1-8H3/t22-,23-,24+,25-,26+,27+,28-,30+,31-,32+,33-,34+,36-,37-/m1/s1. The number of hydrogen-bond donors (Lipinski definition) is 4. The van der Waals surface area contributed by atoms with Gasteiger partial charge in [-0.1, -0.05) is 79.2 Å². The predicted octanol–water partition coefficient (Wildman–Crippen LogP) is 6.26. The van der Waals surface area contributed by atoms with E-state index in [-0.39, 0.29) is 16.9 Å². The summed E-state index contributed by atoms with van der Waals surface area (Å²) in [4.78, 5) is 0. The van der Waals surface area contributed by atoms with E-state index in [0.717, 1.165) is 37.0 Å². The van der Waals surface area contributed by atoms with Crippen LogP contribution in [0.15, 0.2) is 23.8 Å². The highest BCUT2D eigenvalue weighted by atomic mass is 16.7. The van der Waals surface area contributed by atoms with Gasteiger partial charge in [-0.25, -0.2) is 0 Å². The second-order valence-electron chi connectivity index (χ2n) is 16.5. The molecule has 1 aliphatic heterocycles. The Balaban J connectivity index is 1.32. The van der Waals surface area contributed by atoms with Crippen molar-refractivity contribution in [1.82, 2.24) is 0 Å². The van der Waals surface area contributed by atoms with Crippen molar-refractivity contribution < 1.29 is 29.9 Å². The summed E-state index contributed by atoms with van der Waals surface area (Å²) in [7, 11) is 0. The maximum atomic E-state index is 10.7. The average Bonchev–Trinajstić information content (AvgIpc) is 3.32. The van der Waals surface area contributed by atoms with E-state index in [1.54, 1.807) is 0 Å². The van der Waals surface area contributed by atoms with E-state index in [0.29, 0.717) is 29.1 Å². The van der Waals surface area contributed by atoms with E-state index < -0.39 is 37.3 Å². The third kappa shape index (κ3) is 5.63. The molecule has 3 saturated carbocycles. The van der Waals surface area contributed by atoms with Gasteiger partial charge in [0.1, 0.15) is 24.4 Å². The Morgan fingerprint density at radius 3 is 2.30 bits per heavy atom. The van der Waals surface area contributed by atoms with Crippen LogP contribution in [-0.4, -0.2) is 63.8 Å². The molecule has 5 rings (SSSR count). The third-order valence-corrected chi connectivity index (χ3v) is 13.7. The maximum absolute atomic E-state index is 10.7. The van der Waals surface area contributed by atoms with Gasteiger partial charge < -0.3 is 29.9 Å². The Bertz CT molecular complexity index is 1030. The number of ether oxygens (including phenoxy) is 2. The quantitative estimate of drug-likeness (QED) is 0.245. The van der Waals surface area contributed by atoms with Crippen molar-refractivity contribution in [3.05, 3.63) is 23.8 Å². The monoisotopic (exact) mass is 602 g/mol. The van der Waals surface area contributed by atoms with Crippen molar-refractivity contribution in [2.24, 2.45) is 57.7 Å². The fourth-order valence-corrected chi connectivity index (χ4v) is 11.1. The highest BCUT2D eigenvalue weighted by molar-refractivity contribution is 5.31. The van der Waals surface area contributed by atoms with Crippen LogP contribution in [0.5, 0.6) is 0 Å². The molecule has 0 aromatic rings. The molecule has 0 spiro atoms. The maximum Gasteiger partial charge on any atom is 0.187 e. The van der Waals surface area contributed by atoms with Crippen molar-refractivity contribution in [2.45, 2.75) is 144 Å². The topological polar surface area (TPSA) is 99.4 Å². The van der Waals surface area contributed by atoms with Gasteiger partial charge in [-0.15, -0.1) is 0 Å². The first-order valence-corrected chi connectivity index (χ1v) is 17.6. The summed E-state index contributed by atoms with van der Waals surface area (Å²) in [5, 5.41) is 40.9. The van der Waals surface area contributed by atoms with E-state index >= 15 is 0 Å². The third-order valence-electron chi connectivity index (χ3n) is 13.7. The lowest BCUT2D eigenvalue weighted by molar-refractivity contribution is -0.320. The van der Waals surface area contributed by atoms with Gasteiger partial charge in [0.05, 0.1) is 12.7 Å². The highest BCUT2D eigenvalue weighted by Crippen LogP contribution is 2.69. The van der Waals surface area contributed by atoms with Crippen molar-refractivity contribution in [1.29, 1.82) is 0 Å². The van der Waals surface area contributed by atoms with Crippen LogP contribution in [0.1, 0.15) is 107 Å². The first-order chi connectivity index (χ1) is 20.2. The van der Waals surface area contributed by atoms with E-state index in [9.17, 15) is 20.4 Å². The van der Waals surface area contributed by atoms with Gasteiger partial charge in [0.15, 0.2) is 6.29 Å². The molecule has 4 N–H and O–H groups in total. The minimum absolute atomic E-state index is 0.123. The number of aliphatic hydroxyl groups is 4. The number of rotatable bonds is 8. The van der Waals surface area contributed by atoms with Gasteiger partial charge in [-0.2, -0.15) is 0 Å². The van der Waals surface area contributed by atoms with Gasteiger partial charge in [0.25, 0.3) is 0 Å². The Morgan fingerprint density at radius 1 is 0.930 bits per heavy atom. The Hall–Kier alpha value is -0.760. The van der Waals surface area contributed by atoms with Crippen LogP contribution < -0.4 is 0 Å². The molecule has 0 bridgehead atoms. The summed E-state index contributed by atoms with van der Waals surface area (Å²) in [5.41, 5.74) is 1.75. The zero-order valence-corrected chi connectivity index (χ0v) is 28.2. The zero-order valence-electron chi connectivity index (χ0n) is 28.2. The molecule has 0 unspecified atom stereocenters. The summed E-state index contributed by atoms with van der Waals surface area (Å²) < 4.78 is 12.2. The van der Waals surface area contributed by atoms with Crippen LogP contribution in [0.25, 0.3) is 0 Å². The van der Waals surface area contributed by atoms with E-state index in [1.807, 2.05) is 0 Å². The largest absolute Gasteiger partial charge is 0.394 e. The fraction of sp³-hybridized carbons (Fsp3) is 0.892. The van der Waals surface area contributed by atoms with Crippen molar-refractivity contribution >= 4 is 0 Å². The molecule has 14 atom stereocenters. The molecule has 0 radical (unpaired) electrons. The van der Waals surface area contributed by atoms with Gasteiger partial charge in [-0.05, 0) is 104 Å². The Labute approximate surface area is 261 Å². The van der Waals surface area contributed by atoms with Crippen LogP contribution in [0.2, 0.25) is 0 Å². The molecular formula is C37H62O6. The fourth-order valence-electron chi connectivity index (χ4n) is 11.1. The number of hydrogen-bond acceptors (Lipinski definition) is 6. The molecule has 1 saturated heterocycles. The summed E-state index contributed by atoms with van der Waals surface area (Å²) in [5.74, 6) is 4.93. The lowest BCUT2D eigenvalue weighted by Crippen LogP contribution is -2.61. The molecule has 43 heavy (non-hydrogen) atoms. The lowest BCUT2D eigenvalue weighted by atomic mass is 9.44. The number of allylic oxidation sites excluding steroid dienone is 3. The summed E-state index contributed by atoms with van der Waals surface area (Å²) >= 11 is 0. The molecule has 4 fully saturated rings. The molecule has 6 heteroatoms. The summed E-state index contributed by atoms with van der Waals surface area (Å²) in [6.07, 6.45) is 10.8. The highest BCUT2D eigenvalue weighted by Gasteiger charge is 2.61. The molecule has 246 valence electrons. The smallest absolute Gasteiger partial charge is 0.187 e. The number of aliphatic hydroxyl groups excluding tert-OH is 4. The molecule has 0 aromatic heterocycles. The van der Waals surface area contributed by atoms with Crippen molar-refractivity contribution in [3.63, 3.8) is 0 Å². The van der Waals surface area contributed by atoms with Gasteiger partial charge >= 0.3 is 0 Å². The predicted molar refractivity (Wildman–Crippen MR) is 170 cm³/mol. The molecule has 4 aliphatic carbocycles. The second-order valence-corrected chi connectivity index (χ2v) is 16.5. The molecule has 6 nitrogen and oxygen atoms in total. The molecular weight excluding hydrogens is 540 g/mol. The van der Waals surface area contributed by atoms with Crippen LogP contribution in [0, 0.1) is 57.7 Å². The van der Waals surface area contributed by atoms with Crippen molar-refractivity contribution in [2.75, 3.05) is 6.61 Å². The second kappa shape index (κ2) is 12.4. The average molecular weight is 603 g/mol. The SMILES string of the molecule is CC[C@H](C=C[C@@H](C)[C@H]1CC[C@H]2[C@@H]3CC=C4C(C)(C)[C@@H](O[C@@H]5O[C@H](CO)[C@@H](O)[C@H](O)[C@H]5O)CC[C@]4(C)[C@H]3CC[C@]12C)C(C)C.